The highest BCUT2D eigenvalue weighted by Gasteiger charge is 2.19. The van der Waals surface area contributed by atoms with Crippen LogP contribution in [0.5, 0.6) is 0 Å². The lowest BCUT2D eigenvalue weighted by atomic mass is 10.0. The van der Waals surface area contributed by atoms with E-state index in [1.54, 1.807) is 0 Å². The van der Waals surface area contributed by atoms with Crippen molar-refractivity contribution in [2.75, 3.05) is 13.2 Å². The Hall–Kier alpha value is -5.49. The highest BCUT2D eigenvalue weighted by atomic mass is 16.6. The van der Waals surface area contributed by atoms with E-state index in [0.29, 0.717) is 19.3 Å². The molecule has 0 saturated carbocycles. The smallest absolute Gasteiger partial charge is 0.306 e. The van der Waals surface area contributed by atoms with Gasteiger partial charge in [0.05, 0.1) is 0 Å². The van der Waals surface area contributed by atoms with Crippen LogP contribution in [0.3, 0.4) is 0 Å². The van der Waals surface area contributed by atoms with Crippen LogP contribution in [0.1, 0.15) is 239 Å². The zero-order chi connectivity index (χ0) is 57.1. The van der Waals surface area contributed by atoms with Crippen LogP contribution in [0.25, 0.3) is 0 Å². The van der Waals surface area contributed by atoms with E-state index in [1.165, 1.54) is 70.6 Å². The van der Waals surface area contributed by atoms with Gasteiger partial charge in [-0.05, 0) is 128 Å². The van der Waals surface area contributed by atoms with Crippen molar-refractivity contribution in [2.24, 2.45) is 0 Å². The van der Waals surface area contributed by atoms with Crippen LogP contribution >= 0.6 is 0 Å². The molecular weight excluding hydrogens is 973 g/mol. The lowest BCUT2D eigenvalue weighted by Gasteiger charge is -2.18. The summed E-state index contributed by atoms with van der Waals surface area (Å²) in [5.74, 6) is -1.12. The van der Waals surface area contributed by atoms with Crippen LogP contribution in [-0.2, 0) is 28.6 Å². The van der Waals surface area contributed by atoms with E-state index < -0.39 is 12.1 Å². The van der Waals surface area contributed by atoms with Gasteiger partial charge in [0, 0.05) is 19.3 Å². The van der Waals surface area contributed by atoms with Crippen LogP contribution in [0.15, 0.2) is 182 Å². The monoisotopic (exact) mass is 1080 g/mol. The second kappa shape index (κ2) is 65.0. The van der Waals surface area contributed by atoms with Crippen molar-refractivity contribution in [1.82, 2.24) is 0 Å². The second-order valence-electron chi connectivity index (χ2n) is 19.8. The van der Waals surface area contributed by atoms with Gasteiger partial charge >= 0.3 is 17.9 Å². The molecule has 0 spiro atoms. The lowest BCUT2D eigenvalue weighted by molar-refractivity contribution is -0.166. The number of carbonyl (C=O) groups excluding carboxylic acids is 3. The Labute approximate surface area is 484 Å². The minimum absolute atomic E-state index is 0.137. The van der Waals surface area contributed by atoms with Crippen molar-refractivity contribution in [3.8, 4) is 0 Å². The number of unbranched alkanes of at least 4 members (excludes halogenated alkanes) is 13. The normalized spacial score (nSPS) is 13.4. The highest BCUT2D eigenvalue weighted by Crippen LogP contribution is 2.15. The molecule has 0 aliphatic rings. The van der Waals surface area contributed by atoms with Crippen LogP contribution in [-0.4, -0.2) is 37.2 Å². The van der Waals surface area contributed by atoms with E-state index in [9.17, 15) is 14.4 Å². The van der Waals surface area contributed by atoms with Gasteiger partial charge < -0.3 is 14.2 Å². The lowest BCUT2D eigenvalue weighted by Crippen LogP contribution is -2.30. The van der Waals surface area contributed by atoms with Crippen molar-refractivity contribution in [3.05, 3.63) is 182 Å². The molecule has 0 N–H and O–H groups in total. The van der Waals surface area contributed by atoms with E-state index in [4.69, 9.17) is 14.2 Å². The topological polar surface area (TPSA) is 78.9 Å². The first-order valence-electron chi connectivity index (χ1n) is 31.3. The van der Waals surface area contributed by atoms with Crippen LogP contribution in [0.2, 0.25) is 0 Å². The maximum absolute atomic E-state index is 12.8. The molecule has 440 valence electrons. The zero-order valence-electron chi connectivity index (χ0n) is 50.3. The summed E-state index contributed by atoms with van der Waals surface area (Å²) in [6.45, 7) is 6.14. The van der Waals surface area contributed by atoms with Gasteiger partial charge in [-0.3, -0.25) is 14.4 Å². The molecule has 6 nitrogen and oxygen atoms in total. The summed E-state index contributed by atoms with van der Waals surface area (Å²) in [6.07, 6.45) is 98.0. The average molecular weight is 1090 g/mol. The molecular formula is C73H112O6. The third-order valence-corrected chi connectivity index (χ3v) is 12.4. The van der Waals surface area contributed by atoms with E-state index >= 15 is 0 Å². The van der Waals surface area contributed by atoms with Gasteiger partial charge in [0.1, 0.15) is 13.2 Å². The molecule has 0 saturated heterocycles. The molecule has 6 heteroatoms. The molecule has 0 heterocycles. The summed E-state index contributed by atoms with van der Waals surface area (Å²) >= 11 is 0. The molecule has 0 fully saturated rings. The van der Waals surface area contributed by atoms with Gasteiger partial charge in [0.15, 0.2) is 6.10 Å². The Morgan fingerprint density at radius 2 is 0.481 bits per heavy atom. The Morgan fingerprint density at radius 1 is 0.253 bits per heavy atom. The first-order valence-corrected chi connectivity index (χ1v) is 31.3. The Bertz CT molecular complexity index is 1870. The number of esters is 3. The van der Waals surface area contributed by atoms with Gasteiger partial charge in [0.25, 0.3) is 0 Å². The molecule has 1 atom stereocenters. The molecule has 0 aromatic heterocycles. The number of hydrogen-bond acceptors (Lipinski definition) is 6. The molecule has 0 aliphatic heterocycles. The average Bonchev–Trinajstić information content (AvgIpc) is 3.45. The fourth-order valence-electron chi connectivity index (χ4n) is 7.86. The molecule has 0 bridgehead atoms. The van der Waals surface area contributed by atoms with Crippen molar-refractivity contribution in [3.63, 3.8) is 0 Å². The molecule has 0 amide bonds. The number of ether oxygens (including phenoxy) is 3. The summed E-state index contributed by atoms with van der Waals surface area (Å²) in [6, 6.07) is 0. The summed E-state index contributed by atoms with van der Waals surface area (Å²) in [5, 5.41) is 0. The van der Waals surface area contributed by atoms with Crippen LogP contribution in [0.4, 0.5) is 0 Å². The van der Waals surface area contributed by atoms with Gasteiger partial charge in [-0.2, -0.15) is 0 Å². The van der Waals surface area contributed by atoms with Crippen molar-refractivity contribution < 1.29 is 28.6 Å². The molecule has 0 rings (SSSR count). The van der Waals surface area contributed by atoms with Gasteiger partial charge in [-0.25, -0.2) is 0 Å². The third kappa shape index (κ3) is 63.2. The summed E-state index contributed by atoms with van der Waals surface area (Å²) in [7, 11) is 0. The highest BCUT2D eigenvalue weighted by molar-refractivity contribution is 5.71. The minimum atomic E-state index is -0.853. The Kier molecular flexibility index (Phi) is 60.5. The minimum Gasteiger partial charge on any atom is -0.462 e. The van der Waals surface area contributed by atoms with Gasteiger partial charge in [-0.1, -0.05) is 274 Å². The molecule has 0 aliphatic carbocycles. The van der Waals surface area contributed by atoms with E-state index in [1.807, 2.05) is 24.3 Å². The van der Waals surface area contributed by atoms with E-state index in [2.05, 4.69) is 179 Å². The first kappa shape index (κ1) is 73.5. The summed E-state index contributed by atoms with van der Waals surface area (Å²) < 4.78 is 16.7. The molecule has 0 aromatic rings. The fourth-order valence-corrected chi connectivity index (χ4v) is 7.86. The van der Waals surface area contributed by atoms with Gasteiger partial charge in [0.2, 0.25) is 0 Å². The van der Waals surface area contributed by atoms with E-state index in [-0.39, 0.29) is 38.0 Å². The number of allylic oxidation sites excluding steroid dienone is 30. The molecule has 1 unspecified atom stereocenters. The number of rotatable bonds is 54. The van der Waals surface area contributed by atoms with Gasteiger partial charge in [-0.15, -0.1) is 0 Å². The largest absolute Gasteiger partial charge is 0.462 e. The van der Waals surface area contributed by atoms with Crippen molar-refractivity contribution in [1.29, 1.82) is 0 Å². The number of carbonyl (C=O) groups is 3. The first-order chi connectivity index (χ1) is 39.0. The molecule has 0 aromatic carbocycles. The Morgan fingerprint density at radius 3 is 0.785 bits per heavy atom. The van der Waals surface area contributed by atoms with Crippen LogP contribution < -0.4 is 0 Å². The predicted octanol–water partition coefficient (Wildman–Crippen LogP) is 21.7. The number of hydrogen-bond donors (Lipinski definition) is 0. The maximum atomic E-state index is 12.8. The second-order valence-corrected chi connectivity index (χ2v) is 19.8. The predicted molar refractivity (Wildman–Crippen MR) is 343 cm³/mol. The van der Waals surface area contributed by atoms with Crippen molar-refractivity contribution >= 4 is 17.9 Å². The molecule has 79 heavy (non-hydrogen) atoms. The fraction of sp³-hybridized carbons (Fsp3) is 0.548. The van der Waals surface area contributed by atoms with Crippen molar-refractivity contribution in [2.45, 2.75) is 245 Å². The summed E-state index contributed by atoms with van der Waals surface area (Å²) in [4.78, 5) is 38.1. The summed E-state index contributed by atoms with van der Waals surface area (Å²) in [5.41, 5.74) is 0. The SMILES string of the molecule is CC/C=C\C/C=C\C/C=C\C/C=C\C/C=C\C/C=C\C/C=C\CCCCCCCCCCCCCCCC(=O)OCC(COC(=O)CC/C=C\C/C=C\C/C=C\C/C=C\CC)OC(=O)CC/C=C\C/C=C\C/C=C\C/C=C\CC. The standard InChI is InChI=1S/C73H112O6/c1-4-7-10-13-16-19-22-25-26-27-28-29-30-31-32-33-34-35-36-37-38-39-40-41-42-43-44-45-46-49-51-54-57-60-63-66-72(75)78-69-70(79-73(76)67-64-61-58-55-52-48-24-21-18-15-12-9-6-3)68-77-71(74)65-62-59-56-53-50-47-23-20-17-14-11-8-5-2/h7-12,16-21,25-26,28-29,31-32,34-35,37-38,47-48,50,52,56,58-59,61,70H,4-6,13-15,22-24,27,30,33,36,39-46,49,51,53-55,57,60,62-69H2,1-3H3/b10-7-,11-8-,12-9-,19-16-,20-17-,21-18-,26-25-,29-28-,32-31-,35-34-,38-37-,50-47-,52-48-,59-56-,61-58-. The Balaban J connectivity index is 4.25. The zero-order valence-corrected chi connectivity index (χ0v) is 50.3. The van der Waals surface area contributed by atoms with E-state index in [0.717, 1.165) is 116 Å². The third-order valence-electron chi connectivity index (χ3n) is 12.4. The maximum Gasteiger partial charge on any atom is 0.306 e. The molecule has 0 radical (unpaired) electrons. The van der Waals surface area contributed by atoms with Crippen LogP contribution in [0, 0.1) is 0 Å². The quantitative estimate of drug-likeness (QED) is 0.0261.